The molecular formula is C14H23FN2O2S. The fourth-order valence-electron chi connectivity index (χ4n) is 1.88. The first-order chi connectivity index (χ1) is 9.44. The molecule has 0 aliphatic carbocycles. The van der Waals surface area contributed by atoms with Crippen molar-refractivity contribution >= 4 is 10.0 Å². The molecule has 6 heteroatoms. The molecule has 1 aromatic rings. The summed E-state index contributed by atoms with van der Waals surface area (Å²) in [7, 11) is -3.80. The second-order valence-corrected chi connectivity index (χ2v) is 6.36. The highest BCUT2D eigenvalue weighted by Crippen LogP contribution is 2.17. The maximum absolute atomic E-state index is 14.0. The summed E-state index contributed by atoms with van der Waals surface area (Å²) in [6, 6.07) is 4.06. The lowest BCUT2D eigenvalue weighted by atomic mass is 10.2. The van der Waals surface area contributed by atoms with Gasteiger partial charge in [-0.3, -0.25) is 0 Å². The van der Waals surface area contributed by atoms with Gasteiger partial charge in [0.2, 0.25) is 10.0 Å². The number of rotatable bonds is 8. The summed E-state index contributed by atoms with van der Waals surface area (Å²) >= 11 is 0. The van der Waals surface area contributed by atoms with Gasteiger partial charge in [0.05, 0.1) is 0 Å². The van der Waals surface area contributed by atoms with Crippen molar-refractivity contribution < 1.29 is 12.8 Å². The van der Waals surface area contributed by atoms with Gasteiger partial charge in [0.25, 0.3) is 0 Å². The summed E-state index contributed by atoms with van der Waals surface area (Å²) < 4.78 is 40.8. The molecular weight excluding hydrogens is 279 g/mol. The Morgan fingerprint density at radius 2 is 1.85 bits per heavy atom. The van der Waals surface area contributed by atoms with Crippen LogP contribution in [0.3, 0.4) is 0 Å². The van der Waals surface area contributed by atoms with Crippen LogP contribution >= 0.6 is 0 Å². The zero-order valence-electron chi connectivity index (χ0n) is 12.2. The second-order valence-electron chi connectivity index (χ2n) is 4.68. The summed E-state index contributed by atoms with van der Waals surface area (Å²) in [5.74, 6) is -0.709. The molecule has 114 valence electrons. The smallest absolute Gasteiger partial charge is 0.243 e. The molecule has 0 heterocycles. The third-order valence-corrected chi connectivity index (χ3v) is 4.73. The van der Waals surface area contributed by atoms with E-state index in [0.717, 1.165) is 12.1 Å². The zero-order valence-corrected chi connectivity index (χ0v) is 13.1. The van der Waals surface area contributed by atoms with Crippen LogP contribution in [0, 0.1) is 5.82 Å². The van der Waals surface area contributed by atoms with Crippen LogP contribution in [0.15, 0.2) is 23.1 Å². The van der Waals surface area contributed by atoms with Gasteiger partial charge in [0.1, 0.15) is 10.7 Å². The molecule has 0 radical (unpaired) electrons. The molecule has 4 nitrogen and oxygen atoms in total. The highest BCUT2D eigenvalue weighted by molar-refractivity contribution is 7.89. The third kappa shape index (κ3) is 4.54. The SMILES string of the molecule is CCNCc1ccc(S(=O)(=O)NC(CC)CC)c(F)c1. The number of sulfonamides is 1. The van der Waals surface area contributed by atoms with Gasteiger partial charge in [0.15, 0.2) is 0 Å². The van der Waals surface area contributed by atoms with Crippen LogP contribution in [0.5, 0.6) is 0 Å². The van der Waals surface area contributed by atoms with E-state index in [1.807, 2.05) is 20.8 Å². The summed E-state index contributed by atoms with van der Waals surface area (Å²) in [5.41, 5.74) is 0.728. The van der Waals surface area contributed by atoms with Crippen LogP contribution in [-0.4, -0.2) is 21.0 Å². The van der Waals surface area contributed by atoms with E-state index in [1.54, 1.807) is 6.07 Å². The monoisotopic (exact) mass is 302 g/mol. The van der Waals surface area contributed by atoms with E-state index in [0.29, 0.717) is 19.4 Å². The van der Waals surface area contributed by atoms with Crippen molar-refractivity contribution in [2.75, 3.05) is 6.54 Å². The molecule has 0 saturated carbocycles. The molecule has 0 bridgehead atoms. The maximum Gasteiger partial charge on any atom is 0.243 e. The molecule has 20 heavy (non-hydrogen) atoms. The second kappa shape index (κ2) is 7.71. The van der Waals surface area contributed by atoms with Crippen LogP contribution in [-0.2, 0) is 16.6 Å². The highest BCUT2D eigenvalue weighted by atomic mass is 32.2. The average molecular weight is 302 g/mol. The minimum absolute atomic E-state index is 0.166. The summed E-state index contributed by atoms with van der Waals surface area (Å²) in [6.07, 6.45) is 1.35. The quantitative estimate of drug-likeness (QED) is 0.775. The van der Waals surface area contributed by atoms with Crippen LogP contribution in [0.2, 0.25) is 0 Å². The van der Waals surface area contributed by atoms with Gasteiger partial charge in [-0.15, -0.1) is 0 Å². The number of hydrogen-bond acceptors (Lipinski definition) is 3. The Kier molecular flexibility index (Phi) is 6.58. The molecule has 1 rings (SSSR count). The van der Waals surface area contributed by atoms with Crippen molar-refractivity contribution in [3.8, 4) is 0 Å². The van der Waals surface area contributed by atoms with Crippen molar-refractivity contribution in [3.05, 3.63) is 29.6 Å². The van der Waals surface area contributed by atoms with Crippen LogP contribution in [0.4, 0.5) is 4.39 Å². The number of benzene rings is 1. The Labute approximate surface area is 120 Å². The lowest BCUT2D eigenvalue weighted by Gasteiger charge is -2.15. The van der Waals surface area contributed by atoms with Gasteiger partial charge < -0.3 is 5.32 Å². The van der Waals surface area contributed by atoms with Gasteiger partial charge in [-0.2, -0.15) is 0 Å². The summed E-state index contributed by atoms with van der Waals surface area (Å²) in [5, 5.41) is 3.07. The molecule has 0 atom stereocenters. The number of nitrogens with one attached hydrogen (secondary N) is 2. The van der Waals surface area contributed by atoms with Crippen molar-refractivity contribution in [2.45, 2.75) is 51.1 Å². The molecule has 1 aromatic carbocycles. The first-order valence-electron chi connectivity index (χ1n) is 6.96. The Hall–Kier alpha value is -0.980. The van der Waals surface area contributed by atoms with E-state index in [1.165, 1.54) is 12.1 Å². The highest BCUT2D eigenvalue weighted by Gasteiger charge is 2.21. The van der Waals surface area contributed by atoms with Crippen molar-refractivity contribution in [2.24, 2.45) is 0 Å². The Balaban J connectivity index is 2.95. The number of halogens is 1. The molecule has 0 unspecified atom stereocenters. The Morgan fingerprint density at radius 1 is 1.20 bits per heavy atom. The molecule has 0 saturated heterocycles. The molecule has 0 aliphatic heterocycles. The van der Waals surface area contributed by atoms with E-state index in [9.17, 15) is 12.8 Å². The van der Waals surface area contributed by atoms with Crippen LogP contribution in [0.25, 0.3) is 0 Å². The average Bonchev–Trinajstić information content (AvgIpc) is 2.42. The normalized spacial score (nSPS) is 12.1. The minimum Gasteiger partial charge on any atom is -0.313 e. The van der Waals surface area contributed by atoms with Gasteiger partial charge in [0, 0.05) is 12.6 Å². The summed E-state index contributed by atoms with van der Waals surface area (Å²) in [4.78, 5) is -0.287. The van der Waals surface area contributed by atoms with Crippen molar-refractivity contribution in [1.29, 1.82) is 0 Å². The molecule has 0 aromatic heterocycles. The lowest BCUT2D eigenvalue weighted by Crippen LogP contribution is -2.34. The van der Waals surface area contributed by atoms with Crippen molar-refractivity contribution in [3.63, 3.8) is 0 Å². The fourth-order valence-corrected chi connectivity index (χ4v) is 3.34. The minimum atomic E-state index is -3.80. The molecule has 0 fully saturated rings. The van der Waals surface area contributed by atoms with E-state index >= 15 is 0 Å². The van der Waals surface area contributed by atoms with Gasteiger partial charge >= 0.3 is 0 Å². The predicted molar refractivity (Wildman–Crippen MR) is 78.5 cm³/mol. The standard InChI is InChI=1S/C14H23FN2O2S/c1-4-12(5-2)17-20(18,19)14-8-7-11(9-13(14)15)10-16-6-3/h7-9,12,16-17H,4-6,10H2,1-3H3. The third-order valence-electron chi connectivity index (χ3n) is 3.17. The van der Waals surface area contributed by atoms with Crippen LogP contribution < -0.4 is 10.0 Å². The number of hydrogen-bond donors (Lipinski definition) is 2. The zero-order chi connectivity index (χ0) is 15.2. The van der Waals surface area contributed by atoms with Gasteiger partial charge in [-0.05, 0) is 37.1 Å². The van der Waals surface area contributed by atoms with E-state index < -0.39 is 15.8 Å². The molecule has 0 amide bonds. The van der Waals surface area contributed by atoms with Gasteiger partial charge in [-0.25, -0.2) is 17.5 Å². The first kappa shape index (κ1) is 17.1. The fraction of sp³-hybridized carbons (Fsp3) is 0.571. The first-order valence-corrected chi connectivity index (χ1v) is 8.44. The van der Waals surface area contributed by atoms with E-state index in [-0.39, 0.29) is 10.9 Å². The van der Waals surface area contributed by atoms with E-state index in [4.69, 9.17) is 0 Å². The molecule has 0 aliphatic rings. The topological polar surface area (TPSA) is 58.2 Å². The molecule has 0 spiro atoms. The Morgan fingerprint density at radius 3 is 2.35 bits per heavy atom. The van der Waals surface area contributed by atoms with Crippen molar-refractivity contribution in [1.82, 2.24) is 10.0 Å². The van der Waals surface area contributed by atoms with Crippen LogP contribution in [0.1, 0.15) is 39.2 Å². The lowest BCUT2D eigenvalue weighted by molar-refractivity contribution is 0.519. The predicted octanol–water partition coefficient (Wildman–Crippen LogP) is 2.40. The van der Waals surface area contributed by atoms with E-state index in [2.05, 4.69) is 10.0 Å². The Bertz CT molecular complexity index is 528. The maximum atomic E-state index is 14.0. The summed E-state index contributed by atoms with van der Waals surface area (Å²) in [6.45, 7) is 7.04. The largest absolute Gasteiger partial charge is 0.313 e. The van der Waals surface area contributed by atoms with Gasteiger partial charge in [-0.1, -0.05) is 26.8 Å². The molecule has 2 N–H and O–H groups in total.